The predicted octanol–water partition coefficient (Wildman–Crippen LogP) is 2.00. The molecular weight excluding hydrogens is 268 g/mol. The first-order valence-corrected chi connectivity index (χ1v) is 8.26. The van der Waals surface area contributed by atoms with Crippen LogP contribution in [0.3, 0.4) is 0 Å². The second-order valence-electron chi connectivity index (χ2n) is 3.76. The van der Waals surface area contributed by atoms with Crippen LogP contribution in [0.15, 0.2) is 35.2 Å². The first kappa shape index (κ1) is 15.0. The van der Waals surface area contributed by atoms with Gasteiger partial charge in [-0.3, -0.25) is 0 Å². The molecule has 0 amide bonds. The van der Waals surface area contributed by atoms with Crippen LogP contribution in [0.25, 0.3) is 0 Å². The Morgan fingerprint density at radius 3 is 2.61 bits per heavy atom. The number of nitriles is 1. The summed E-state index contributed by atoms with van der Waals surface area (Å²) in [6.45, 7) is 1.92. The summed E-state index contributed by atoms with van der Waals surface area (Å²) in [6, 6.07) is 11.3. The van der Waals surface area contributed by atoms with E-state index in [1.807, 2.05) is 37.3 Å². The van der Waals surface area contributed by atoms with E-state index in [9.17, 15) is 8.42 Å². The maximum absolute atomic E-state index is 11.5. The molecule has 0 aromatic heterocycles. The summed E-state index contributed by atoms with van der Waals surface area (Å²) in [6.07, 6.45) is 0.699. The van der Waals surface area contributed by atoms with Crippen LogP contribution >= 0.6 is 11.8 Å². The Balaban J connectivity index is 2.51. The van der Waals surface area contributed by atoms with Gasteiger partial charge in [0.25, 0.3) is 0 Å². The van der Waals surface area contributed by atoms with Gasteiger partial charge in [0.2, 0.25) is 10.0 Å². The van der Waals surface area contributed by atoms with E-state index in [4.69, 9.17) is 5.26 Å². The minimum atomic E-state index is -3.47. The maximum Gasteiger partial charge on any atom is 0.225 e. The average molecular weight is 284 g/mol. The molecule has 0 aliphatic carbocycles. The van der Waals surface area contributed by atoms with Gasteiger partial charge >= 0.3 is 0 Å². The molecule has 1 aromatic carbocycles. The molecule has 0 saturated carbocycles. The van der Waals surface area contributed by atoms with Gasteiger partial charge in [-0.25, -0.2) is 13.1 Å². The van der Waals surface area contributed by atoms with Crippen molar-refractivity contribution in [1.29, 1.82) is 5.26 Å². The van der Waals surface area contributed by atoms with E-state index in [-0.39, 0.29) is 6.04 Å². The average Bonchev–Trinajstić information content (AvgIpc) is 2.35. The first-order chi connectivity index (χ1) is 8.57. The number of benzene rings is 1. The minimum absolute atomic E-state index is 0.145. The lowest BCUT2D eigenvalue weighted by Crippen LogP contribution is -2.37. The molecule has 0 aliphatic heterocycles. The molecule has 98 valence electrons. The molecule has 0 bridgehead atoms. The highest BCUT2D eigenvalue weighted by Crippen LogP contribution is 2.18. The summed E-state index contributed by atoms with van der Waals surface area (Å²) in [4.78, 5) is 1.11. The lowest BCUT2D eigenvalue weighted by atomic mass is 10.3. The normalized spacial score (nSPS) is 12.9. The number of hydrogen-bond donors (Lipinski definition) is 1. The van der Waals surface area contributed by atoms with Crippen molar-refractivity contribution in [1.82, 2.24) is 4.72 Å². The van der Waals surface area contributed by atoms with Gasteiger partial charge in [0.1, 0.15) is 0 Å². The number of hydrogen-bond acceptors (Lipinski definition) is 4. The number of sulfonamides is 1. The van der Waals surface area contributed by atoms with Gasteiger partial charge in [0.15, 0.2) is 5.75 Å². The molecule has 0 fully saturated rings. The van der Waals surface area contributed by atoms with E-state index < -0.39 is 15.8 Å². The van der Waals surface area contributed by atoms with E-state index in [1.165, 1.54) is 0 Å². The van der Waals surface area contributed by atoms with Gasteiger partial charge in [-0.2, -0.15) is 5.26 Å². The molecule has 1 aromatic rings. The summed E-state index contributed by atoms with van der Waals surface area (Å²) in [5.41, 5.74) is 0. The summed E-state index contributed by atoms with van der Waals surface area (Å²) >= 11 is 1.60. The molecular formula is C12H16N2O2S2. The Kier molecular flexibility index (Phi) is 6.19. The van der Waals surface area contributed by atoms with Crippen LogP contribution in [0.1, 0.15) is 13.3 Å². The molecule has 0 heterocycles. The summed E-state index contributed by atoms with van der Waals surface area (Å²) in [5, 5.41) is 8.42. The third-order valence-electron chi connectivity index (χ3n) is 2.29. The molecule has 1 rings (SSSR count). The molecule has 18 heavy (non-hydrogen) atoms. The zero-order chi connectivity index (χ0) is 13.4. The van der Waals surface area contributed by atoms with Gasteiger partial charge in [-0.1, -0.05) is 25.1 Å². The smallest absolute Gasteiger partial charge is 0.211 e. The topological polar surface area (TPSA) is 70.0 Å². The zero-order valence-corrected chi connectivity index (χ0v) is 11.8. The molecule has 4 nitrogen and oxygen atoms in total. The second kappa shape index (κ2) is 7.41. The fourth-order valence-corrected chi connectivity index (χ4v) is 3.51. The third-order valence-corrected chi connectivity index (χ3v) is 4.66. The highest BCUT2D eigenvalue weighted by Gasteiger charge is 2.16. The van der Waals surface area contributed by atoms with Gasteiger partial charge in [0, 0.05) is 16.7 Å². The van der Waals surface area contributed by atoms with Crippen molar-refractivity contribution in [3.05, 3.63) is 30.3 Å². The standard InChI is InChI=1S/C12H16N2O2S2/c1-2-11(14-18(15,16)9-8-13)10-17-12-6-4-3-5-7-12/h3-7,11,14H,2,9-10H2,1H3/t11-/m0/s1. The van der Waals surface area contributed by atoms with Crippen molar-refractivity contribution in [2.24, 2.45) is 0 Å². The number of thioether (sulfide) groups is 1. The Labute approximate surface area is 112 Å². The van der Waals surface area contributed by atoms with Gasteiger partial charge < -0.3 is 0 Å². The SMILES string of the molecule is CC[C@@H](CSc1ccccc1)NS(=O)(=O)CC#N. The molecule has 6 heteroatoms. The lowest BCUT2D eigenvalue weighted by molar-refractivity contribution is 0.561. The van der Waals surface area contributed by atoms with Crippen LogP contribution in [0, 0.1) is 11.3 Å². The van der Waals surface area contributed by atoms with Crippen LogP contribution in [-0.4, -0.2) is 26.0 Å². The Bertz CT molecular complexity index is 495. The Hall–Kier alpha value is -1.03. The fraction of sp³-hybridized carbons (Fsp3) is 0.417. The number of rotatable bonds is 7. The minimum Gasteiger partial charge on any atom is -0.211 e. The molecule has 0 spiro atoms. The molecule has 1 N–H and O–H groups in total. The van der Waals surface area contributed by atoms with Crippen molar-refractivity contribution in [3.63, 3.8) is 0 Å². The number of nitrogens with zero attached hydrogens (tertiary/aromatic N) is 1. The summed E-state index contributed by atoms with van der Waals surface area (Å²) in [5.74, 6) is 0.171. The summed E-state index contributed by atoms with van der Waals surface area (Å²) in [7, 11) is -3.47. The van der Waals surface area contributed by atoms with Crippen molar-refractivity contribution >= 4 is 21.8 Å². The third kappa shape index (κ3) is 5.54. The van der Waals surface area contributed by atoms with E-state index in [2.05, 4.69) is 4.72 Å². The predicted molar refractivity (Wildman–Crippen MR) is 73.8 cm³/mol. The van der Waals surface area contributed by atoms with Crippen molar-refractivity contribution < 1.29 is 8.42 Å². The number of nitrogens with one attached hydrogen (secondary N) is 1. The van der Waals surface area contributed by atoms with Crippen molar-refractivity contribution in [3.8, 4) is 6.07 Å². The van der Waals surface area contributed by atoms with E-state index >= 15 is 0 Å². The van der Waals surface area contributed by atoms with Crippen LogP contribution < -0.4 is 4.72 Å². The molecule has 0 saturated heterocycles. The quantitative estimate of drug-likeness (QED) is 0.777. The molecule has 0 radical (unpaired) electrons. The lowest BCUT2D eigenvalue weighted by Gasteiger charge is -2.15. The highest BCUT2D eigenvalue weighted by molar-refractivity contribution is 7.99. The maximum atomic E-state index is 11.5. The van der Waals surface area contributed by atoms with Gasteiger partial charge in [0.05, 0.1) is 6.07 Å². The van der Waals surface area contributed by atoms with Gasteiger partial charge in [-0.05, 0) is 18.6 Å². The largest absolute Gasteiger partial charge is 0.225 e. The van der Waals surface area contributed by atoms with Crippen LogP contribution in [0.4, 0.5) is 0 Å². The van der Waals surface area contributed by atoms with Crippen molar-refractivity contribution in [2.75, 3.05) is 11.5 Å². The Morgan fingerprint density at radius 2 is 2.06 bits per heavy atom. The summed E-state index contributed by atoms with van der Waals surface area (Å²) < 4.78 is 25.5. The van der Waals surface area contributed by atoms with E-state index in [1.54, 1.807) is 17.8 Å². The van der Waals surface area contributed by atoms with E-state index in [0.29, 0.717) is 12.2 Å². The second-order valence-corrected chi connectivity index (χ2v) is 6.61. The molecule has 0 unspecified atom stereocenters. The van der Waals surface area contributed by atoms with Crippen LogP contribution in [0.5, 0.6) is 0 Å². The van der Waals surface area contributed by atoms with Gasteiger partial charge in [-0.15, -0.1) is 11.8 Å². The first-order valence-electron chi connectivity index (χ1n) is 5.62. The molecule has 1 atom stereocenters. The molecule has 0 aliphatic rings. The monoisotopic (exact) mass is 284 g/mol. The van der Waals surface area contributed by atoms with Crippen LogP contribution in [-0.2, 0) is 10.0 Å². The Morgan fingerprint density at radius 1 is 1.39 bits per heavy atom. The fourth-order valence-electron chi connectivity index (χ4n) is 1.33. The van der Waals surface area contributed by atoms with E-state index in [0.717, 1.165) is 4.90 Å². The zero-order valence-electron chi connectivity index (χ0n) is 10.2. The van der Waals surface area contributed by atoms with Crippen LogP contribution in [0.2, 0.25) is 0 Å². The highest BCUT2D eigenvalue weighted by atomic mass is 32.2. The van der Waals surface area contributed by atoms with Crippen molar-refractivity contribution in [2.45, 2.75) is 24.3 Å².